The van der Waals surface area contributed by atoms with Gasteiger partial charge >= 0.3 is 5.97 Å². The molecular formula is C11H14N2O3S. The van der Waals surface area contributed by atoms with Gasteiger partial charge in [0.25, 0.3) is 0 Å². The maximum absolute atomic E-state index is 11.4. The fraction of sp³-hybridized carbons (Fsp3) is 0.545. The van der Waals surface area contributed by atoms with E-state index in [-0.39, 0.29) is 11.6 Å². The molecule has 0 aromatic carbocycles. The second-order valence-corrected chi connectivity index (χ2v) is 5.13. The van der Waals surface area contributed by atoms with Gasteiger partial charge in [-0.15, -0.1) is 11.3 Å². The summed E-state index contributed by atoms with van der Waals surface area (Å²) < 4.78 is 0. The molecule has 0 spiro atoms. The van der Waals surface area contributed by atoms with Gasteiger partial charge < -0.3 is 10.4 Å². The maximum atomic E-state index is 11.4. The average Bonchev–Trinajstić information content (AvgIpc) is 3.00. The number of aromatic carboxylic acids is 1. The molecule has 0 aliphatic heterocycles. The van der Waals surface area contributed by atoms with Crippen molar-refractivity contribution in [3.63, 3.8) is 0 Å². The first-order valence-corrected chi connectivity index (χ1v) is 6.47. The molecule has 1 aromatic rings. The summed E-state index contributed by atoms with van der Waals surface area (Å²) in [4.78, 5) is 25.9. The van der Waals surface area contributed by atoms with Gasteiger partial charge in [-0.25, -0.2) is 9.78 Å². The Morgan fingerprint density at radius 2 is 2.29 bits per heavy atom. The molecule has 6 heteroatoms. The summed E-state index contributed by atoms with van der Waals surface area (Å²) in [7, 11) is 0. The van der Waals surface area contributed by atoms with Gasteiger partial charge in [0.2, 0.25) is 5.91 Å². The molecule has 1 amide bonds. The third-order valence-corrected chi connectivity index (χ3v) is 3.53. The quantitative estimate of drug-likeness (QED) is 0.809. The number of nitrogens with zero attached hydrogens (tertiary/aromatic N) is 1. The van der Waals surface area contributed by atoms with Crippen LogP contribution in [0, 0.1) is 5.92 Å². The Bertz CT molecular complexity index is 426. The molecule has 1 saturated carbocycles. The van der Waals surface area contributed by atoms with Crippen molar-refractivity contribution in [1.82, 2.24) is 10.3 Å². The number of carboxylic acid groups (broad SMARTS) is 1. The summed E-state index contributed by atoms with van der Waals surface area (Å²) in [5.41, 5.74) is 0.0391. The Hall–Kier alpha value is -1.43. The van der Waals surface area contributed by atoms with Crippen LogP contribution in [0.1, 0.15) is 41.2 Å². The molecule has 1 heterocycles. The van der Waals surface area contributed by atoms with Crippen LogP contribution in [0.3, 0.4) is 0 Å². The zero-order valence-corrected chi connectivity index (χ0v) is 10.1. The number of amides is 1. The van der Waals surface area contributed by atoms with Gasteiger partial charge in [-0.3, -0.25) is 4.79 Å². The topological polar surface area (TPSA) is 79.3 Å². The van der Waals surface area contributed by atoms with Crippen LogP contribution < -0.4 is 5.32 Å². The first-order valence-electron chi connectivity index (χ1n) is 5.59. The number of thiazole rings is 1. The summed E-state index contributed by atoms with van der Waals surface area (Å²) in [5, 5.41) is 13.5. The van der Waals surface area contributed by atoms with Crippen LogP contribution in [0.4, 0.5) is 0 Å². The molecule has 2 N–H and O–H groups in total. The molecule has 0 unspecified atom stereocenters. The highest BCUT2D eigenvalue weighted by molar-refractivity contribution is 7.09. The van der Waals surface area contributed by atoms with Gasteiger partial charge in [0.1, 0.15) is 5.01 Å². The highest BCUT2D eigenvalue weighted by Crippen LogP contribution is 2.33. The third-order valence-electron chi connectivity index (χ3n) is 2.68. The molecule has 0 saturated heterocycles. The first-order chi connectivity index (χ1) is 8.15. The van der Waals surface area contributed by atoms with Gasteiger partial charge in [0, 0.05) is 11.8 Å². The molecule has 1 fully saturated rings. The lowest BCUT2D eigenvalue weighted by Crippen LogP contribution is -2.22. The molecule has 1 aliphatic carbocycles. The van der Waals surface area contributed by atoms with E-state index in [1.165, 1.54) is 29.6 Å². The van der Waals surface area contributed by atoms with Gasteiger partial charge in [0.05, 0.1) is 6.54 Å². The average molecular weight is 254 g/mol. The number of hydrogen-bond acceptors (Lipinski definition) is 4. The summed E-state index contributed by atoms with van der Waals surface area (Å²) in [6.07, 6.45) is 4.02. The van der Waals surface area contributed by atoms with Crippen LogP contribution in [0.15, 0.2) is 5.38 Å². The van der Waals surface area contributed by atoms with Crippen molar-refractivity contribution in [2.24, 2.45) is 5.92 Å². The monoisotopic (exact) mass is 254 g/mol. The molecule has 1 aromatic heterocycles. The van der Waals surface area contributed by atoms with Gasteiger partial charge in [-0.2, -0.15) is 0 Å². The molecule has 0 bridgehead atoms. The second kappa shape index (κ2) is 5.27. The number of nitrogens with one attached hydrogen (secondary N) is 1. The number of carbonyl (C=O) groups excluding carboxylic acids is 1. The number of aromatic nitrogens is 1. The Kier molecular flexibility index (Phi) is 3.73. The van der Waals surface area contributed by atoms with Crippen molar-refractivity contribution in [3.05, 3.63) is 16.1 Å². The highest BCUT2D eigenvalue weighted by atomic mass is 32.1. The van der Waals surface area contributed by atoms with Crippen molar-refractivity contribution >= 4 is 23.2 Å². The van der Waals surface area contributed by atoms with Gasteiger partial charge in [-0.1, -0.05) is 12.8 Å². The van der Waals surface area contributed by atoms with Crippen molar-refractivity contribution in [2.45, 2.75) is 32.2 Å². The van der Waals surface area contributed by atoms with E-state index in [0.29, 0.717) is 18.0 Å². The fourth-order valence-corrected chi connectivity index (χ4v) is 2.20. The van der Waals surface area contributed by atoms with E-state index >= 15 is 0 Å². The zero-order chi connectivity index (χ0) is 12.3. The lowest BCUT2D eigenvalue weighted by Gasteiger charge is -2.01. The van der Waals surface area contributed by atoms with Crippen LogP contribution in [0.2, 0.25) is 0 Å². The van der Waals surface area contributed by atoms with E-state index in [1.54, 1.807) is 0 Å². The normalized spacial score (nSPS) is 14.6. The molecule has 92 valence electrons. The number of carboxylic acids is 1. The number of hydrogen-bond donors (Lipinski definition) is 2. The Balaban J connectivity index is 1.72. The van der Waals surface area contributed by atoms with E-state index < -0.39 is 5.97 Å². The van der Waals surface area contributed by atoms with Crippen molar-refractivity contribution < 1.29 is 14.7 Å². The standard InChI is InChI=1S/C11H14N2O3S/c14-9(4-3-7-1-2-7)12-5-10-13-8(6-17-10)11(15)16/h6-7H,1-5H2,(H,12,14)(H,15,16). The minimum Gasteiger partial charge on any atom is -0.476 e. The molecule has 0 atom stereocenters. The molecular weight excluding hydrogens is 240 g/mol. The van der Waals surface area contributed by atoms with E-state index in [4.69, 9.17) is 5.11 Å². The van der Waals surface area contributed by atoms with Gasteiger partial charge in [0.15, 0.2) is 5.69 Å². The van der Waals surface area contributed by atoms with E-state index in [2.05, 4.69) is 10.3 Å². The van der Waals surface area contributed by atoms with E-state index in [1.807, 2.05) is 0 Å². The largest absolute Gasteiger partial charge is 0.476 e. The summed E-state index contributed by atoms with van der Waals surface area (Å²) in [6, 6.07) is 0. The lowest BCUT2D eigenvalue weighted by atomic mass is 10.2. The third kappa shape index (κ3) is 3.81. The van der Waals surface area contributed by atoms with Crippen molar-refractivity contribution in [2.75, 3.05) is 0 Å². The van der Waals surface area contributed by atoms with Crippen LogP contribution >= 0.6 is 11.3 Å². The number of carbonyl (C=O) groups is 2. The smallest absolute Gasteiger partial charge is 0.355 e. The molecule has 1 aliphatic rings. The van der Waals surface area contributed by atoms with Crippen molar-refractivity contribution in [3.8, 4) is 0 Å². The van der Waals surface area contributed by atoms with Crippen LogP contribution in [-0.2, 0) is 11.3 Å². The molecule has 2 rings (SSSR count). The predicted octanol–water partition coefficient (Wildman–Crippen LogP) is 1.65. The first kappa shape index (κ1) is 12.0. The fourth-order valence-electron chi connectivity index (χ4n) is 1.49. The Labute approximate surface area is 103 Å². The Morgan fingerprint density at radius 1 is 1.53 bits per heavy atom. The second-order valence-electron chi connectivity index (χ2n) is 4.19. The van der Waals surface area contributed by atoms with Gasteiger partial charge in [-0.05, 0) is 12.3 Å². The molecule has 0 radical (unpaired) electrons. The summed E-state index contributed by atoms with van der Waals surface area (Å²) in [5.74, 6) is -0.268. The van der Waals surface area contributed by atoms with E-state index in [9.17, 15) is 9.59 Å². The minimum atomic E-state index is -1.03. The highest BCUT2D eigenvalue weighted by Gasteiger charge is 2.21. The Morgan fingerprint density at radius 3 is 2.88 bits per heavy atom. The number of rotatable bonds is 6. The maximum Gasteiger partial charge on any atom is 0.355 e. The van der Waals surface area contributed by atoms with Crippen LogP contribution in [0.25, 0.3) is 0 Å². The summed E-state index contributed by atoms with van der Waals surface area (Å²) in [6.45, 7) is 0.321. The van der Waals surface area contributed by atoms with Crippen LogP contribution in [0.5, 0.6) is 0 Å². The molecule has 5 nitrogen and oxygen atoms in total. The van der Waals surface area contributed by atoms with E-state index in [0.717, 1.165) is 12.3 Å². The predicted molar refractivity (Wildman–Crippen MR) is 62.9 cm³/mol. The molecule has 17 heavy (non-hydrogen) atoms. The van der Waals surface area contributed by atoms with Crippen molar-refractivity contribution in [1.29, 1.82) is 0 Å². The lowest BCUT2D eigenvalue weighted by molar-refractivity contribution is -0.121. The zero-order valence-electron chi connectivity index (χ0n) is 9.31. The SMILES string of the molecule is O=C(CCC1CC1)NCc1nc(C(=O)O)cs1. The minimum absolute atomic E-state index is 0.0176. The summed E-state index contributed by atoms with van der Waals surface area (Å²) >= 11 is 1.25. The van der Waals surface area contributed by atoms with Crippen LogP contribution in [-0.4, -0.2) is 22.0 Å².